The molecule has 9 nitrogen and oxygen atoms in total. The van der Waals surface area contributed by atoms with Crippen LogP contribution in [0.1, 0.15) is 17.8 Å². The van der Waals surface area contributed by atoms with Crippen LogP contribution in [0.2, 0.25) is 0 Å². The van der Waals surface area contributed by atoms with Gasteiger partial charge in [0, 0.05) is 46.3 Å². The van der Waals surface area contributed by atoms with Gasteiger partial charge in [0.05, 0.1) is 24.6 Å². The smallest absolute Gasteiger partial charge is 0.320 e. The molecular formula is C16H27N5O4S. The molecule has 3 rings (SSSR count). The summed E-state index contributed by atoms with van der Waals surface area (Å²) < 4.78 is 34.6. The number of sulfonamides is 1. The van der Waals surface area contributed by atoms with Gasteiger partial charge in [-0.15, -0.1) is 0 Å². The number of hydrogen-bond donors (Lipinski definition) is 0. The Morgan fingerprint density at radius 2 is 1.65 bits per heavy atom. The summed E-state index contributed by atoms with van der Waals surface area (Å²) in [4.78, 5) is 16.5. The lowest BCUT2D eigenvalue weighted by atomic mass is 10.4. The minimum Gasteiger partial charge on any atom is -0.378 e. The van der Waals surface area contributed by atoms with Crippen molar-refractivity contribution in [1.29, 1.82) is 0 Å². The maximum atomic E-state index is 13.1. The van der Waals surface area contributed by atoms with Crippen molar-refractivity contribution < 1.29 is 17.9 Å². The van der Waals surface area contributed by atoms with Crippen molar-refractivity contribution in [3.05, 3.63) is 11.4 Å². The molecule has 1 aromatic heterocycles. The molecule has 2 saturated heterocycles. The number of amides is 2. The highest BCUT2D eigenvalue weighted by molar-refractivity contribution is 7.89. The van der Waals surface area contributed by atoms with Crippen molar-refractivity contribution in [3.63, 3.8) is 0 Å². The van der Waals surface area contributed by atoms with E-state index in [4.69, 9.17) is 4.74 Å². The fourth-order valence-corrected chi connectivity index (χ4v) is 5.41. The zero-order valence-electron chi connectivity index (χ0n) is 15.6. The molecule has 26 heavy (non-hydrogen) atoms. The third-order valence-corrected chi connectivity index (χ3v) is 7.20. The van der Waals surface area contributed by atoms with Gasteiger partial charge in [0.1, 0.15) is 4.90 Å². The average Bonchev–Trinajstić information content (AvgIpc) is 2.81. The van der Waals surface area contributed by atoms with Crippen LogP contribution in [0.3, 0.4) is 0 Å². The van der Waals surface area contributed by atoms with E-state index < -0.39 is 10.0 Å². The van der Waals surface area contributed by atoms with Crippen molar-refractivity contribution in [2.24, 2.45) is 7.05 Å². The van der Waals surface area contributed by atoms with E-state index in [1.807, 2.05) is 0 Å². The predicted molar refractivity (Wildman–Crippen MR) is 95.4 cm³/mol. The first-order valence-electron chi connectivity index (χ1n) is 8.94. The van der Waals surface area contributed by atoms with E-state index in [-0.39, 0.29) is 10.9 Å². The first kappa shape index (κ1) is 19.1. The summed E-state index contributed by atoms with van der Waals surface area (Å²) >= 11 is 0. The Kier molecular flexibility index (Phi) is 5.54. The van der Waals surface area contributed by atoms with Gasteiger partial charge in [0.2, 0.25) is 10.0 Å². The van der Waals surface area contributed by atoms with Crippen LogP contribution in [-0.4, -0.2) is 90.8 Å². The van der Waals surface area contributed by atoms with Crippen LogP contribution in [0.15, 0.2) is 4.90 Å². The number of aryl methyl sites for hydroxylation is 2. The molecule has 2 aliphatic heterocycles. The fourth-order valence-electron chi connectivity index (χ4n) is 3.54. The molecule has 0 aliphatic carbocycles. The third kappa shape index (κ3) is 3.58. The lowest BCUT2D eigenvalue weighted by Crippen LogP contribution is -2.49. The van der Waals surface area contributed by atoms with E-state index in [1.54, 1.807) is 35.4 Å². The highest BCUT2D eigenvalue weighted by Crippen LogP contribution is 2.24. The summed E-state index contributed by atoms with van der Waals surface area (Å²) in [5.41, 5.74) is 1.14. The van der Waals surface area contributed by atoms with Crippen LogP contribution in [0.25, 0.3) is 0 Å². The standard InChI is InChI=1S/C16H27N5O4S/c1-13-15(14(2)18(3)17-13)26(23,24)21-6-4-5-19(7-8-21)16(22)20-9-11-25-12-10-20/h4-12H2,1-3H3. The molecule has 0 spiro atoms. The second-order valence-corrected chi connectivity index (χ2v) is 8.63. The molecule has 146 valence electrons. The van der Waals surface area contributed by atoms with Crippen LogP contribution in [0.5, 0.6) is 0 Å². The molecule has 2 fully saturated rings. The summed E-state index contributed by atoms with van der Waals surface area (Å²) in [6.45, 7) is 7.43. The highest BCUT2D eigenvalue weighted by atomic mass is 32.2. The minimum absolute atomic E-state index is 0.0266. The Hall–Kier alpha value is -1.65. The summed E-state index contributed by atoms with van der Waals surface area (Å²) in [5.74, 6) is 0. The second-order valence-electron chi connectivity index (χ2n) is 6.75. The summed E-state index contributed by atoms with van der Waals surface area (Å²) in [5, 5.41) is 4.23. The van der Waals surface area contributed by atoms with Gasteiger partial charge in [-0.25, -0.2) is 13.2 Å². The quantitative estimate of drug-likeness (QED) is 0.725. The number of ether oxygens (including phenoxy) is 1. The first-order chi connectivity index (χ1) is 12.3. The Bertz CT molecular complexity index is 770. The van der Waals surface area contributed by atoms with E-state index >= 15 is 0 Å². The van der Waals surface area contributed by atoms with Crippen molar-refractivity contribution >= 4 is 16.1 Å². The van der Waals surface area contributed by atoms with E-state index in [0.717, 1.165) is 0 Å². The topological polar surface area (TPSA) is 88.0 Å². The zero-order chi connectivity index (χ0) is 18.9. The van der Waals surface area contributed by atoms with E-state index in [1.165, 1.54) is 4.31 Å². The lowest BCUT2D eigenvalue weighted by molar-refractivity contribution is 0.0437. The van der Waals surface area contributed by atoms with Crippen LogP contribution in [0.4, 0.5) is 4.79 Å². The molecule has 3 heterocycles. The fraction of sp³-hybridized carbons (Fsp3) is 0.750. The van der Waals surface area contributed by atoms with Crippen LogP contribution in [0, 0.1) is 13.8 Å². The number of nitrogens with zero attached hydrogens (tertiary/aromatic N) is 5. The van der Waals surface area contributed by atoms with Crippen molar-refractivity contribution in [2.45, 2.75) is 25.2 Å². The largest absolute Gasteiger partial charge is 0.378 e. The first-order valence-corrected chi connectivity index (χ1v) is 10.4. The van der Waals surface area contributed by atoms with E-state index in [0.29, 0.717) is 70.3 Å². The van der Waals surface area contributed by atoms with Crippen LogP contribution < -0.4 is 0 Å². The number of rotatable bonds is 2. The molecule has 0 radical (unpaired) electrons. The number of aromatic nitrogens is 2. The summed E-state index contributed by atoms with van der Waals surface area (Å²) in [7, 11) is -1.88. The molecule has 0 saturated carbocycles. The molecule has 0 aromatic carbocycles. The second kappa shape index (κ2) is 7.53. The maximum Gasteiger partial charge on any atom is 0.320 e. The molecule has 2 amide bonds. The molecule has 0 N–H and O–H groups in total. The normalized spacial score (nSPS) is 20.3. The van der Waals surface area contributed by atoms with Gasteiger partial charge < -0.3 is 14.5 Å². The Morgan fingerprint density at radius 1 is 1.00 bits per heavy atom. The lowest BCUT2D eigenvalue weighted by Gasteiger charge is -2.32. The summed E-state index contributed by atoms with van der Waals surface area (Å²) in [6, 6.07) is -0.0266. The monoisotopic (exact) mass is 385 g/mol. The SMILES string of the molecule is Cc1nn(C)c(C)c1S(=O)(=O)N1CCCN(C(=O)N2CCOCC2)CC1. The molecule has 1 aromatic rings. The van der Waals surface area contributed by atoms with Crippen molar-refractivity contribution in [3.8, 4) is 0 Å². The van der Waals surface area contributed by atoms with Gasteiger partial charge >= 0.3 is 6.03 Å². The van der Waals surface area contributed by atoms with Gasteiger partial charge in [0.15, 0.2) is 0 Å². The number of carbonyl (C=O) groups excluding carboxylic acids is 1. The molecule has 0 unspecified atom stereocenters. The van der Waals surface area contributed by atoms with Gasteiger partial charge in [-0.05, 0) is 20.3 Å². The van der Waals surface area contributed by atoms with Gasteiger partial charge in [-0.2, -0.15) is 9.40 Å². The maximum absolute atomic E-state index is 13.1. The number of hydrogen-bond acceptors (Lipinski definition) is 5. The number of urea groups is 1. The van der Waals surface area contributed by atoms with Gasteiger partial charge in [0.25, 0.3) is 0 Å². The minimum atomic E-state index is -3.62. The Labute approximate surface area is 154 Å². The van der Waals surface area contributed by atoms with E-state index in [9.17, 15) is 13.2 Å². The van der Waals surface area contributed by atoms with Crippen LogP contribution in [-0.2, 0) is 21.8 Å². The third-order valence-electron chi connectivity index (χ3n) is 5.05. The molecule has 0 bridgehead atoms. The average molecular weight is 385 g/mol. The highest BCUT2D eigenvalue weighted by Gasteiger charge is 2.33. The van der Waals surface area contributed by atoms with Crippen molar-refractivity contribution in [2.75, 3.05) is 52.5 Å². The van der Waals surface area contributed by atoms with Crippen molar-refractivity contribution in [1.82, 2.24) is 23.9 Å². The summed E-state index contributed by atoms with van der Waals surface area (Å²) in [6.07, 6.45) is 0.619. The number of morpholine rings is 1. The van der Waals surface area contributed by atoms with Crippen LogP contribution >= 0.6 is 0 Å². The van der Waals surface area contributed by atoms with Gasteiger partial charge in [-0.1, -0.05) is 0 Å². The predicted octanol–water partition coefficient (Wildman–Crippen LogP) is 0.186. The molecule has 10 heteroatoms. The molecule has 2 aliphatic rings. The Balaban J connectivity index is 1.72. The zero-order valence-corrected chi connectivity index (χ0v) is 16.5. The van der Waals surface area contributed by atoms with Gasteiger partial charge in [-0.3, -0.25) is 4.68 Å². The van der Waals surface area contributed by atoms with E-state index in [2.05, 4.69) is 5.10 Å². The Morgan fingerprint density at radius 3 is 2.27 bits per heavy atom. The number of carbonyl (C=O) groups is 1. The molecule has 0 atom stereocenters. The molecular weight excluding hydrogens is 358 g/mol.